The molecule has 0 spiro atoms. The average molecular weight is 349 g/mol. The minimum Gasteiger partial charge on any atom is -0.481 e. The van der Waals surface area contributed by atoms with Crippen molar-refractivity contribution < 1.29 is 14.7 Å². The van der Waals surface area contributed by atoms with Gasteiger partial charge in [-0.15, -0.1) is 0 Å². The highest BCUT2D eigenvalue weighted by Gasteiger charge is 2.37. The van der Waals surface area contributed by atoms with E-state index in [1.165, 1.54) is 0 Å². The molecule has 1 aliphatic carbocycles. The molecule has 0 radical (unpaired) electrons. The fourth-order valence-electron chi connectivity index (χ4n) is 3.45. The second-order valence-corrected chi connectivity index (χ2v) is 6.72. The molecule has 24 heavy (non-hydrogen) atoms. The van der Waals surface area contributed by atoms with Gasteiger partial charge in [-0.25, -0.2) is 0 Å². The normalized spacial score (nSPS) is 24.0. The van der Waals surface area contributed by atoms with Crippen LogP contribution in [0.2, 0.25) is 5.02 Å². The van der Waals surface area contributed by atoms with Crippen LogP contribution in [0.5, 0.6) is 0 Å². The van der Waals surface area contributed by atoms with E-state index in [-0.39, 0.29) is 5.91 Å². The van der Waals surface area contributed by atoms with Gasteiger partial charge in [-0.3, -0.25) is 9.59 Å². The molecule has 2 atom stereocenters. The number of nitrogens with zero attached hydrogens (tertiary/aromatic N) is 2. The smallest absolute Gasteiger partial charge is 0.307 e. The summed E-state index contributed by atoms with van der Waals surface area (Å²) in [6.07, 6.45) is 4.74. The number of carboxylic acids is 1. The Bertz CT molecular complexity index is 653. The van der Waals surface area contributed by atoms with E-state index in [0.29, 0.717) is 31.0 Å². The number of hydrogen-bond donors (Lipinski definition) is 1. The van der Waals surface area contributed by atoms with Crippen molar-refractivity contribution in [1.82, 2.24) is 4.90 Å². The van der Waals surface area contributed by atoms with Crippen LogP contribution in [-0.4, -0.2) is 48.1 Å². The maximum atomic E-state index is 12.8. The zero-order valence-electron chi connectivity index (χ0n) is 13.4. The van der Waals surface area contributed by atoms with Gasteiger partial charge in [0.05, 0.1) is 11.8 Å². The molecule has 6 heteroatoms. The van der Waals surface area contributed by atoms with E-state index in [1.54, 1.807) is 4.90 Å². The molecule has 0 unspecified atom stereocenters. The van der Waals surface area contributed by atoms with Gasteiger partial charge in [0.2, 0.25) is 5.91 Å². The monoisotopic (exact) mass is 348 g/mol. The molecular formula is C18H21ClN2O3. The van der Waals surface area contributed by atoms with Gasteiger partial charge in [0.15, 0.2) is 0 Å². The van der Waals surface area contributed by atoms with E-state index in [0.717, 1.165) is 18.8 Å². The molecule has 0 aromatic heterocycles. The molecule has 1 aliphatic heterocycles. The first-order valence-electron chi connectivity index (χ1n) is 8.23. The summed E-state index contributed by atoms with van der Waals surface area (Å²) in [7, 11) is 0. The van der Waals surface area contributed by atoms with Crippen LogP contribution in [0.3, 0.4) is 0 Å². The molecule has 1 saturated heterocycles. The molecule has 1 aromatic carbocycles. The Labute approximate surface area is 146 Å². The highest BCUT2D eigenvalue weighted by atomic mass is 35.5. The number of carbonyl (C=O) groups is 2. The van der Waals surface area contributed by atoms with E-state index >= 15 is 0 Å². The number of halogens is 1. The van der Waals surface area contributed by atoms with Crippen LogP contribution in [0.25, 0.3) is 0 Å². The molecule has 2 aliphatic rings. The van der Waals surface area contributed by atoms with Gasteiger partial charge in [-0.05, 0) is 31.0 Å². The van der Waals surface area contributed by atoms with Gasteiger partial charge in [0.1, 0.15) is 0 Å². The first-order chi connectivity index (χ1) is 11.6. The highest BCUT2D eigenvalue weighted by Crippen LogP contribution is 2.28. The van der Waals surface area contributed by atoms with Crippen LogP contribution < -0.4 is 4.90 Å². The lowest BCUT2D eigenvalue weighted by atomic mass is 9.82. The minimum absolute atomic E-state index is 0.0301. The third-order valence-corrected chi connectivity index (χ3v) is 5.07. The molecule has 1 amide bonds. The second kappa shape index (κ2) is 7.26. The highest BCUT2D eigenvalue weighted by molar-refractivity contribution is 6.30. The number of piperazine rings is 1. The Morgan fingerprint density at radius 3 is 2.33 bits per heavy atom. The number of rotatable bonds is 3. The van der Waals surface area contributed by atoms with Crippen LogP contribution in [0, 0.1) is 11.8 Å². The Kier molecular flexibility index (Phi) is 5.09. The van der Waals surface area contributed by atoms with Crippen LogP contribution in [-0.2, 0) is 9.59 Å². The van der Waals surface area contributed by atoms with Crippen molar-refractivity contribution >= 4 is 29.2 Å². The van der Waals surface area contributed by atoms with Gasteiger partial charge in [0.25, 0.3) is 0 Å². The summed E-state index contributed by atoms with van der Waals surface area (Å²) in [5, 5.41) is 10.0. The number of benzene rings is 1. The number of anilines is 1. The molecule has 1 fully saturated rings. The van der Waals surface area contributed by atoms with Crippen molar-refractivity contribution in [2.45, 2.75) is 12.8 Å². The van der Waals surface area contributed by atoms with Crippen molar-refractivity contribution in [3.05, 3.63) is 41.4 Å². The van der Waals surface area contributed by atoms with Gasteiger partial charge in [-0.1, -0.05) is 29.8 Å². The first kappa shape index (κ1) is 16.8. The van der Waals surface area contributed by atoms with Crippen LogP contribution >= 0.6 is 11.6 Å². The zero-order chi connectivity index (χ0) is 17.1. The number of hydrogen-bond acceptors (Lipinski definition) is 3. The lowest BCUT2D eigenvalue weighted by Gasteiger charge is -2.38. The Balaban J connectivity index is 1.62. The summed E-state index contributed by atoms with van der Waals surface area (Å²) < 4.78 is 0. The standard InChI is InChI=1S/C18H21ClN2O3/c19-13-4-3-5-14(12-13)20-8-10-21(11-9-20)17(22)15-6-1-2-7-16(15)18(23)24/h1-5,12,15-16H,6-11H2,(H,23,24)/t15-,16+/m0/s1. The Morgan fingerprint density at radius 2 is 1.71 bits per heavy atom. The molecule has 1 aromatic rings. The van der Waals surface area contributed by atoms with Crippen molar-refractivity contribution in [3.63, 3.8) is 0 Å². The SMILES string of the molecule is O=C(O)[C@@H]1CC=CC[C@@H]1C(=O)N1CCN(c2cccc(Cl)c2)CC1. The van der Waals surface area contributed by atoms with E-state index in [2.05, 4.69) is 4.90 Å². The van der Waals surface area contributed by atoms with Crippen LogP contribution in [0.4, 0.5) is 5.69 Å². The Morgan fingerprint density at radius 1 is 1.04 bits per heavy atom. The zero-order valence-corrected chi connectivity index (χ0v) is 14.2. The average Bonchev–Trinajstić information content (AvgIpc) is 2.61. The molecule has 0 saturated carbocycles. The summed E-state index contributed by atoms with van der Waals surface area (Å²) >= 11 is 6.04. The van der Waals surface area contributed by atoms with Crippen LogP contribution in [0.1, 0.15) is 12.8 Å². The summed E-state index contributed by atoms with van der Waals surface area (Å²) in [5.74, 6) is -1.95. The van der Waals surface area contributed by atoms with E-state index in [4.69, 9.17) is 11.6 Å². The van der Waals surface area contributed by atoms with Crippen molar-refractivity contribution in [3.8, 4) is 0 Å². The fraction of sp³-hybridized carbons (Fsp3) is 0.444. The third-order valence-electron chi connectivity index (χ3n) is 4.83. The summed E-state index contributed by atoms with van der Waals surface area (Å²) in [5.41, 5.74) is 1.05. The molecular weight excluding hydrogens is 328 g/mol. The lowest BCUT2D eigenvalue weighted by molar-refractivity contribution is -0.150. The van der Waals surface area contributed by atoms with Crippen molar-refractivity contribution in [1.29, 1.82) is 0 Å². The molecule has 0 bridgehead atoms. The summed E-state index contributed by atoms with van der Waals surface area (Å²) in [6, 6.07) is 7.69. The largest absolute Gasteiger partial charge is 0.481 e. The quantitative estimate of drug-likeness (QED) is 0.853. The molecule has 128 valence electrons. The Hall–Kier alpha value is -2.01. The number of allylic oxidation sites excluding steroid dienone is 2. The summed E-state index contributed by atoms with van der Waals surface area (Å²) in [4.78, 5) is 28.2. The number of carboxylic acid groups (broad SMARTS) is 1. The number of carbonyl (C=O) groups excluding carboxylic acids is 1. The molecule has 1 N–H and O–H groups in total. The van der Waals surface area contributed by atoms with E-state index in [9.17, 15) is 14.7 Å². The van der Waals surface area contributed by atoms with Crippen LogP contribution in [0.15, 0.2) is 36.4 Å². The second-order valence-electron chi connectivity index (χ2n) is 6.29. The van der Waals surface area contributed by atoms with E-state index in [1.807, 2.05) is 36.4 Å². The lowest BCUT2D eigenvalue weighted by Crippen LogP contribution is -2.52. The topological polar surface area (TPSA) is 60.9 Å². The maximum absolute atomic E-state index is 12.8. The minimum atomic E-state index is -0.879. The predicted octanol–water partition coefficient (Wildman–Crippen LogP) is 2.66. The first-order valence-corrected chi connectivity index (χ1v) is 8.61. The van der Waals surface area contributed by atoms with E-state index < -0.39 is 17.8 Å². The molecule has 3 rings (SSSR count). The third kappa shape index (κ3) is 3.56. The molecule has 1 heterocycles. The van der Waals surface area contributed by atoms with Gasteiger partial charge in [-0.2, -0.15) is 0 Å². The predicted molar refractivity (Wildman–Crippen MR) is 93.2 cm³/mol. The number of aliphatic carboxylic acids is 1. The fourth-order valence-corrected chi connectivity index (χ4v) is 3.64. The molecule has 5 nitrogen and oxygen atoms in total. The van der Waals surface area contributed by atoms with Crippen molar-refractivity contribution in [2.75, 3.05) is 31.1 Å². The van der Waals surface area contributed by atoms with Gasteiger partial charge >= 0.3 is 5.97 Å². The number of amides is 1. The maximum Gasteiger partial charge on any atom is 0.307 e. The van der Waals surface area contributed by atoms with Crippen molar-refractivity contribution in [2.24, 2.45) is 11.8 Å². The van der Waals surface area contributed by atoms with Gasteiger partial charge in [0, 0.05) is 36.9 Å². The summed E-state index contributed by atoms with van der Waals surface area (Å²) in [6.45, 7) is 2.68. The van der Waals surface area contributed by atoms with Gasteiger partial charge < -0.3 is 14.9 Å².